The summed E-state index contributed by atoms with van der Waals surface area (Å²) in [5.74, 6) is 0.838. The molecule has 0 spiro atoms. The summed E-state index contributed by atoms with van der Waals surface area (Å²) in [4.78, 5) is 21.4. The molecular weight excluding hydrogens is 204 g/mol. The van der Waals surface area contributed by atoms with Gasteiger partial charge in [0.1, 0.15) is 5.82 Å². The summed E-state index contributed by atoms with van der Waals surface area (Å²) in [6, 6.07) is 1.84. The number of rotatable bonds is 5. The maximum atomic E-state index is 11.5. The molecule has 0 bridgehead atoms. The molecule has 0 aliphatic rings. The molecule has 0 radical (unpaired) electrons. The van der Waals surface area contributed by atoms with Crippen molar-refractivity contribution in [1.82, 2.24) is 20.2 Å². The summed E-state index contributed by atoms with van der Waals surface area (Å²) in [7, 11) is 1.79. The molecule has 1 aromatic rings. The van der Waals surface area contributed by atoms with Crippen molar-refractivity contribution in [2.45, 2.75) is 20.4 Å². The van der Waals surface area contributed by atoms with Crippen molar-refractivity contribution in [1.29, 1.82) is 0 Å². The minimum Gasteiger partial charge on any atom is -0.345 e. The smallest absolute Gasteiger partial charge is 0.236 e. The number of likely N-dealkylation sites (N-methyl/N-ethyl adjacent to an activating group) is 1. The average molecular weight is 222 g/mol. The number of hydrogen-bond donors (Lipinski definition) is 1. The fourth-order valence-electron chi connectivity index (χ4n) is 1.21. The predicted octanol–water partition coefficient (Wildman–Crippen LogP) is 0.353. The van der Waals surface area contributed by atoms with Gasteiger partial charge in [-0.2, -0.15) is 0 Å². The first-order chi connectivity index (χ1) is 7.63. The number of hydrogen-bond acceptors (Lipinski definition) is 4. The Hall–Kier alpha value is -1.49. The quantitative estimate of drug-likeness (QED) is 0.781. The van der Waals surface area contributed by atoms with E-state index < -0.39 is 0 Å². The van der Waals surface area contributed by atoms with Gasteiger partial charge in [0, 0.05) is 26.3 Å². The van der Waals surface area contributed by atoms with Gasteiger partial charge in [-0.3, -0.25) is 4.79 Å². The molecule has 0 aromatic carbocycles. The Morgan fingerprint density at radius 3 is 2.94 bits per heavy atom. The molecule has 0 atom stereocenters. The van der Waals surface area contributed by atoms with Gasteiger partial charge >= 0.3 is 0 Å². The zero-order valence-corrected chi connectivity index (χ0v) is 10.0. The van der Waals surface area contributed by atoms with Gasteiger partial charge in [0.15, 0.2) is 0 Å². The van der Waals surface area contributed by atoms with Crippen LogP contribution in [0.15, 0.2) is 12.3 Å². The highest BCUT2D eigenvalue weighted by molar-refractivity contribution is 5.77. The summed E-state index contributed by atoms with van der Waals surface area (Å²) >= 11 is 0. The molecule has 1 N–H and O–H groups in total. The molecule has 0 unspecified atom stereocenters. The molecule has 5 nitrogen and oxygen atoms in total. The van der Waals surface area contributed by atoms with Crippen molar-refractivity contribution < 1.29 is 4.79 Å². The van der Waals surface area contributed by atoms with E-state index in [-0.39, 0.29) is 5.91 Å². The summed E-state index contributed by atoms with van der Waals surface area (Å²) in [5.41, 5.74) is 0.902. The van der Waals surface area contributed by atoms with Crippen LogP contribution in [0.2, 0.25) is 0 Å². The van der Waals surface area contributed by atoms with Gasteiger partial charge in [-0.25, -0.2) is 9.97 Å². The zero-order chi connectivity index (χ0) is 12.0. The molecule has 5 heteroatoms. The van der Waals surface area contributed by atoms with Gasteiger partial charge in [-0.05, 0) is 19.9 Å². The summed E-state index contributed by atoms with van der Waals surface area (Å²) in [6.07, 6.45) is 1.72. The van der Waals surface area contributed by atoms with E-state index in [0.29, 0.717) is 13.1 Å². The van der Waals surface area contributed by atoms with Crippen molar-refractivity contribution in [3.05, 3.63) is 23.8 Å². The third-order valence-corrected chi connectivity index (χ3v) is 2.32. The Morgan fingerprint density at radius 2 is 2.31 bits per heavy atom. The lowest BCUT2D eigenvalue weighted by molar-refractivity contribution is -0.128. The second-order valence-electron chi connectivity index (χ2n) is 3.61. The van der Waals surface area contributed by atoms with Gasteiger partial charge in [-0.1, -0.05) is 0 Å². The van der Waals surface area contributed by atoms with E-state index in [1.807, 2.05) is 19.9 Å². The van der Waals surface area contributed by atoms with Gasteiger partial charge in [0.25, 0.3) is 0 Å². The number of carbonyl (C=O) groups is 1. The molecular formula is C11H18N4O. The van der Waals surface area contributed by atoms with Crippen LogP contribution in [0.5, 0.6) is 0 Å². The normalized spacial score (nSPS) is 10.2. The van der Waals surface area contributed by atoms with Crippen molar-refractivity contribution in [3.63, 3.8) is 0 Å². The number of nitrogens with zero attached hydrogens (tertiary/aromatic N) is 3. The van der Waals surface area contributed by atoms with Crippen molar-refractivity contribution >= 4 is 5.91 Å². The molecule has 1 rings (SSSR count). The van der Waals surface area contributed by atoms with E-state index in [1.165, 1.54) is 0 Å². The number of aryl methyl sites for hydroxylation is 1. The highest BCUT2D eigenvalue weighted by Gasteiger charge is 2.05. The minimum atomic E-state index is 0.0910. The Kier molecular flexibility index (Phi) is 4.85. The van der Waals surface area contributed by atoms with E-state index in [4.69, 9.17) is 0 Å². The van der Waals surface area contributed by atoms with Crippen LogP contribution in [0.4, 0.5) is 0 Å². The maximum absolute atomic E-state index is 11.5. The molecule has 0 fully saturated rings. The zero-order valence-electron chi connectivity index (χ0n) is 10.0. The predicted molar refractivity (Wildman–Crippen MR) is 61.8 cm³/mol. The summed E-state index contributed by atoms with van der Waals surface area (Å²) in [5, 5.41) is 3.06. The fraction of sp³-hybridized carbons (Fsp3) is 0.545. The van der Waals surface area contributed by atoms with Crippen LogP contribution >= 0.6 is 0 Å². The Morgan fingerprint density at radius 1 is 1.56 bits per heavy atom. The molecule has 0 saturated carbocycles. The molecule has 1 heterocycles. The first-order valence-corrected chi connectivity index (χ1v) is 5.36. The van der Waals surface area contributed by atoms with Gasteiger partial charge in [-0.15, -0.1) is 0 Å². The average Bonchev–Trinajstić information content (AvgIpc) is 2.28. The summed E-state index contributed by atoms with van der Waals surface area (Å²) in [6.45, 7) is 5.46. The topological polar surface area (TPSA) is 58.1 Å². The highest BCUT2D eigenvalue weighted by Crippen LogP contribution is 1.93. The largest absolute Gasteiger partial charge is 0.345 e. The first kappa shape index (κ1) is 12.6. The lowest BCUT2D eigenvalue weighted by Crippen LogP contribution is -2.35. The van der Waals surface area contributed by atoms with Crippen molar-refractivity contribution in [3.8, 4) is 0 Å². The third-order valence-electron chi connectivity index (χ3n) is 2.32. The van der Waals surface area contributed by atoms with E-state index in [1.54, 1.807) is 18.1 Å². The Balaban J connectivity index is 2.33. The van der Waals surface area contributed by atoms with Crippen LogP contribution in [-0.4, -0.2) is 40.9 Å². The number of aromatic nitrogens is 2. The number of nitrogens with one attached hydrogen (secondary N) is 1. The van der Waals surface area contributed by atoms with E-state index >= 15 is 0 Å². The molecule has 1 amide bonds. The molecule has 1 aromatic heterocycles. The minimum absolute atomic E-state index is 0.0910. The van der Waals surface area contributed by atoms with E-state index in [0.717, 1.165) is 18.1 Å². The lowest BCUT2D eigenvalue weighted by atomic mass is 10.4. The van der Waals surface area contributed by atoms with Crippen molar-refractivity contribution in [2.24, 2.45) is 0 Å². The summed E-state index contributed by atoms with van der Waals surface area (Å²) < 4.78 is 0. The monoisotopic (exact) mass is 222 g/mol. The van der Waals surface area contributed by atoms with Crippen LogP contribution in [0.1, 0.15) is 18.4 Å². The van der Waals surface area contributed by atoms with Gasteiger partial charge < -0.3 is 10.2 Å². The number of amides is 1. The fourth-order valence-corrected chi connectivity index (χ4v) is 1.21. The SMILES string of the molecule is CCN(C)C(=O)CNCc1ccnc(C)n1. The molecule has 88 valence electrons. The van der Waals surface area contributed by atoms with E-state index in [2.05, 4.69) is 15.3 Å². The Bertz CT molecular complexity index is 354. The third kappa shape index (κ3) is 3.94. The van der Waals surface area contributed by atoms with Crippen LogP contribution in [-0.2, 0) is 11.3 Å². The molecule has 0 aliphatic heterocycles. The van der Waals surface area contributed by atoms with Gasteiger partial charge in [0.05, 0.1) is 12.2 Å². The van der Waals surface area contributed by atoms with E-state index in [9.17, 15) is 4.79 Å². The van der Waals surface area contributed by atoms with Crippen LogP contribution in [0, 0.1) is 6.92 Å². The maximum Gasteiger partial charge on any atom is 0.236 e. The second-order valence-corrected chi connectivity index (χ2v) is 3.61. The standard InChI is InChI=1S/C11H18N4O/c1-4-15(3)11(16)8-12-7-10-5-6-13-9(2)14-10/h5-6,12H,4,7-8H2,1-3H3. The Labute approximate surface area is 95.9 Å². The highest BCUT2D eigenvalue weighted by atomic mass is 16.2. The second kappa shape index (κ2) is 6.17. The van der Waals surface area contributed by atoms with Gasteiger partial charge in [0.2, 0.25) is 5.91 Å². The lowest BCUT2D eigenvalue weighted by Gasteiger charge is -2.14. The van der Waals surface area contributed by atoms with Crippen LogP contribution in [0.3, 0.4) is 0 Å². The first-order valence-electron chi connectivity index (χ1n) is 5.36. The van der Waals surface area contributed by atoms with Crippen molar-refractivity contribution in [2.75, 3.05) is 20.1 Å². The van der Waals surface area contributed by atoms with Crippen LogP contribution in [0.25, 0.3) is 0 Å². The molecule has 0 aliphatic carbocycles. The van der Waals surface area contributed by atoms with Crippen LogP contribution < -0.4 is 5.32 Å². The molecule has 0 saturated heterocycles. The molecule has 16 heavy (non-hydrogen) atoms. The number of carbonyl (C=O) groups excluding carboxylic acids is 1.